The van der Waals surface area contributed by atoms with Gasteiger partial charge >= 0.3 is 0 Å². The van der Waals surface area contributed by atoms with Crippen LogP contribution in [0.2, 0.25) is 5.02 Å². The predicted octanol–water partition coefficient (Wildman–Crippen LogP) is 3.43. The summed E-state index contributed by atoms with van der Waals surface area (Å²) in [7, 11) is 0. The maximum absolute atomic E-state index is 11.8. The Kier molecular flexibility index (Phi) is 6.10. The van der Waals surface area contributed by atoms with Crippen LogP contribution in [0.25, 0.3) is 0 Å². The molecule has 0 aliphatic carbocycles. The molecule has 2 aromatic rings. The van der Waals surface area contributed by atoms with Gasteiger partial charge in [-0.05, 0) is 42.8 Å². The lowest BCUT2D eigenvalue weighted by Gasteiger charge is -2.08. The molecule has 0 bridgehead atoms. The summed E-state index contributed by atoms with van der Waals surface area (Å²) in [6, 6.07) is 14.6. The first-order valence-corrected chi connectivity index (χ1v) is 7.42. The van der Waals surface area contributed by atoms with E-state index < -0.39 is 0 Å². The number of carbonyl (C=O) groups excluding carboxylic acids is 1. The Bertz CT molecular complexity index is 614. The molecule has 5 heteroatoms. The number of halogens is 1. The second-order valence-corrected chi connectivity index (χ2v) is 5.04. The van der Waals surface area contributed by atoms with E-state index in [1.807, 2.05) is 31.2 Å². The normalized spacial score (nSPS) is 10.1. The first-order valence-electron chi connectivity index (χ1n) is 7.04. The van der Waals surface area contributed by atoms with Crippen molar-refractivity contribution in [2.45, 2.75) is 13.5 Å². The number of hydrogen-bond donors (Lipinski definition) is 1. The number of ether oxygens (including phenoxy) is 2. The molecule has 0 saturated heterocycles. The standard InChI is InChI=1S/C17H18ClNO3/c1-2-21-15-8-6-13(7-9-15)11-19-17(20)12-22-16-5-3-4-14(18)10-16/h3-10H,2,11-12H2,1H3,(H,19,20). The van der Waals surface area contributed by atoms with Gasteiger partial charge < -0.3 is 14.8 Å². The molecular weight excluding hydrogens is 302 g/mol. The zero-order chi connectivity index (χ0) is 15.8. The third-order valence-electron chi connectivity index (χ3n) is 2.89. The van der Waals surface area contributed by atoms with Gasteiger partial charge in [0.2, 0.25) is 0 Å². The van der Waals surface area contributed by atoms with Gasteiger partial charge in [0.15, 0.2) is 6.61 Å². The average Bonchev–Trinajstić information content (AvgIpc) is 2.53. The van der Waals surface area contributed by atoms with Crippen LogP contribution < -0.4 is 14.8 Å². The van der Waals surface area contributed by atoms with E-state index >= 15 is 0 Å². The molecule has 0 aliphatic heterocycles. The highest BCUT2D eigenvalue weighted by molar-refractivity contribution is 6.30. The van der Waals surface area contributed by atoms with Crippen molar-refractivity contribution in [1.82, 2.24) is 5.32 Å². The fourth-order valence-electron chi connectivity index (χ4n) is 1.83. The Hall–Kier alpha value is -2.20. The summed E-state index contributed by atoms with van der Waals surface area (Å²) >= 11 is 5.85. The summed E-state index contributed by atoms with van der Waals surface area (Å²) in [5.41, 5.74) is 1.000. The second-order valence-electron chi connectivity index (χ2n) is 4.60. The van der Waals surface area contributed by atoms with E-state index in [4.69, 9.17) is 21.1 Å². The first-order chi connectivity index (χ1) is 10.7. The van der Waals surface area contributed by atoms with Crippen LogP contribution in [0.15, 0.2) is 48.5 Å². The molecule has 0 saturated carbocycles. The van der Waals surface area contributed by atoms with E-state index in [2.05, 4.69) is 5.32 Å². The van der Waals surface area contributed by atoms with Gasteiger partial charge in [0.25, 0.3) is 5.91 Å². The van der Waals surface area contributed by atoms with E-state index in [-0.39, 0.29) is 12.5 Å². The summed E-state index contributed by atoms with van der Waals surface area (Å²) in [4.78, 5) is 11.8. The third kappa shape index (κ3) is 5.30. The molecule has 2 aromatic carbocycles. The van der Waals surface area contributed by atoms with Crippen LogP contribution in [-0.4, -0.2) is 19.1 Å². The molecule has 1 amide bonds. The molecule has 0 spiro atoms. The summed E-state index contributed by atoms with van der Waals surface area (Å²) in [6.45, 7) is 2.98. The lowest BCUT2D eigenvalue weighted by molar-refractivity contribution is -0.123. The molecule has 22 heavy (non-hydrogen) atoms. The number of benzene rings is 2. The lowest BCUT2D eigenvalue weighted by atomic mass is 10.2. The van der Waals surface area contributed by atoms with Crippen LogP contribution in [0.3, 0.4) is 0 Å². The minimum absolute atomic E-state index is 0.0443. The van der Waals surface area contributed by atoms with Gasteiger partial charge in [-0.25, -0.2) is 0 Å². The Morgan fingerprint density at radius 3 is 2.55 bits per heavy atom. The van der Waals surface area contributed by atoms with E-state index in [1.54, 1.807) is 24.3 Å². The van der Waals surface area contributed by atoms with E-state index in [0.29, 0.717) is 23.9 Å². The lowest BCUT2D eigenvalue weighted by Crippen LogP contribution is -2.28. The SMILES string of the molecule is CCOc1ccc(CNC(=O)COc2cccc(Cl)c2)cc1. The minimum atomic E-state index is -0.186. The number of nitrogens with one attached hydrogen (secondary N) is 1. The van der Waals surface area contributed by atoms with Crippen molar-refractivity contribution in [3.8, 4) is 11.5 Å². The molecule has 0 aromatic heterocycles. The van der Waals surface area contributed by atoms with Crippen molar-refractivity contribution in [2.75, 3.05) is 13.2 Å². The number of rotatable bonds is 7. The maximum Gasteiger partial charge on any atom is 0.258 e. The molecule has 116 valence electrons. The van der Waals surface area contributed by atoms with Gasteiger partial charge in [-0.1, -0.05) is 29.8 Å². The smallest absolute Gasteiger partial charge is 0.258 e. The summed E-state index contributed by atoms with van der Waals surface area (Å²) in [5.74, 6) is 1.21. The topological polar surface area (TPSA) is 47.6 Å². The molecule has 4 nitrogen and oxygen atoms in total. The van der Waals surface area contributed by atoms with Crippen LogP contribution in [0, 0.1) is 0 Å². The molecule has 0 heterocycles. The van der Waals surface area contributed by atoms with Crippen LogP contribution in [0.5, 0.6) is 11.5 Å². The minimum Gasteiger partial charge on any atom is -0.494 e. The highest BCUT2D eigenvalue weighted by atomic mass is 35.5. The summed E-state index contributed by atoms with van der Waals surface area (Å²) < 4.78 is 10.7. The molecule has 0 radical (unpaired) electrons. The van der Waals surface area contributed by atoms with Crippen molar-refractivity contribution in [1.29, 1.82) is 0 Å². The first kappa shape index (κ1) is 16.2. The number of carbonyl (C=O) groups is 1. The Morgan fingerprint density at radius 1 is 1.09 bits per heavy atom. The average molecular weight is 320 g/mol. The van der Waals surface area contributed by atoms with Crippen LogP contribution in [-0.2, 0) is 11.3 Å². The summed E-state index contributed by atoms with van der Waals surface area (Å²) in [6.07, 6.45) is 0. The van der Waals surface area contributed by atoms with Crippen molar-refractivity contribution in [3.05, 3.63) is 59.1 Å². The number of hydrogen-bond acceptors (Lipinski definition) is 3. The fourth-order valence-corrected chi connectivity index (χ4v) is 2.01. The van der Waals surface area contributed by atoms with Crippen molar-refractivity contribution in [3.63, 3.8) is 0 Å². The maximum atomic E-state index is 11.8. The quantitative estimate of drug-likeness (QED) is 0.850. The monoisotopic (exact) mass is 319 g/mol. The van der Waals surface area contributed by atoms with Crippen LogP contribution in [0.1, 0.15) is 12.5 Å². The van der Waals surface area contributed by atoms with Gasteiger partial charge in [-0.2, -0.15) is 0 Å². The van der Waals surface area contributed by atoms with Crippen molar-refractivity contribution in [2.24, 2.45) is 0 Å². The van der Waals surface area contributed by atoms with E-state index in [0.717, 1.165) is 11.3 Å². The largest absolute Gasteiger partial charge is 0.494 e. The predicted molar refractivity (Wildman–Crippen MR) is 86.4 cm³/mol. The molecular formula is C17H18ClNO3. The molecule has 0 aliphatic rings. The van der Waals surface area contributed by atoms with Crippen molar-refractivity contribution < 1.29 is 14.3 Å². The van der Waals surface area contributed by atoms with Gasteiger partial charge in [0, 0.05) is 11.6 Å². The molecule has 0 unspecified atom stereocenters. The van der Waals surface area contributed by atoms with Crippen LogP contribution in [0.4, 0.5) is 0 Å². The fraction of sp³-hybridized carbons (Fsp3) is 0.235. The summed E-state index contributed by atoms with van der Waals surface area (Å²) in [5, 5.41) is 3.37. The van der Waals surface area contributed by atoms with Crippen molar-refractivity contribution >= 4 is 17.5 Å². The highest BCUT2D eigenvalue weighted by Gasteiger charge is 2.03. The van der Waals surface area contributed by atoms with Gasteiger partial charge in [-0.15, -0.1) is 0 Å². The molecule has 0 fully saturated rings. The zero-order valence-corrected chi connectivity index (χ0v) is 13.1. The highest BCUT2D eigenvalue weighted by Crippen LogP contribution is 2.17. The zero-order valence-electron chi connectivity index (χ0n) is 12.3. The molecule has 2 rings (SSSR count). The number of amides is 1. The Balaban J connectivity index is 1.75. The second kappa shape index (κ2) is 8.29. The Morgan fingerprint density at radius 2 is 1.86 bits per heavy atom. The van der Waals surface area contributed by atoms with Crippen LogP contribution >= 0.6 is 11.6 Å². The van der Waals surface area contributed by atoms with Gasteiger partial charge in [0.1, 0.15) is 11.5 Å². The molecule has 0 atom stereocenters. The molecule has 1 N–H and O–H groups in total. The third-order valence-corrected chi connectivity index (χ3v) is 3.13. The Labute approximate surface area is 135 Å². The van der Waals surface area contributed by atoms with Gasteiger partial charge in [0.05, 0.1) is 6.61 Å². The van der Waals surface area contributed by atoms with E-state index in [9.17, 15) is 4.79 Å². The van der Waals surface area contributed by atoms with Gasteiger partial charge in [-0.3, -0.25) is 4.79 Å². The van der Waals surface area contributed by atoms with E-state index in [1.165, 1.54) is 0 Å².